The maximum Gasteiger partial charge on any atom is 0.250 e. The van der Waals surface area contributed by atoms with E-state index >= 15 is 0 Å². The van der Waals surface area contributed by atoms with Gasteiger partial charge in [0.15, 0.2) is 0 Å². The quantitative estimate of drug-likeness (QED) is 0.693. The van der Waals surface area contributed by atoms with Crippen LogP contribution in [0.2, 0.25) is 10.0 Å². The minimum atomic E-state index is -0.275. The molecule has 0 aliphatic carbocycles. The van der Waals surface area contributed by atoms with Gasteiger partial charge in [-0.25, -0.2) is 0 Å². The summed E-state index contributed by atoms with van der Waals surface area (Å²) in [6, 6.07) is 5.11. The van der Waals surface area contributed by atoms with Crippen molar-refractivity contribution in [3.8, 4) is 0 Å². The van der Waals surface area contributed by atoms with Crippen LogP contribution in [0.25, 0.3) is 6.08 Å². The van der Waals surface area contributed by atoms with E-state index in [9.17, 15) is 4.79 Å². The zero-order valence-electron chi connectivity index (χ0n) is 12.8. The van der Waals surface area contributed by atoms with Gasteiger partial charge >= 0.3 is 0 Å². The van der Waals surface area contributed by atoms with Crippen LogP contribution in [0.15, 0.2) is 24.3 Å². The Kier molecular flexibility index (Phi) is 6.57. The number of rotatable bonds is 6. The largest absolute Gasteiger partial charge is 0.297 e. The van der Waals surface area contributed by atoms with E-state index in [0.29, 0.717) is 21.1 Å². The normalized spacial score (nSPS) is 11.3. The van der Waals surface area contributed by atoms with Crippen molar-refractivity contribution in [1.82, 2.24) is 10.2 Å². The molecule has 0 unspecified atom stereocenters. The average Bonchev–Trinajstić information content (AvgIpc) is 2.96. The molecular formula is C16H17Cl2N3OS. The zero-order chi connectivity index (χ0) is 16.8. The van der Waals surface area contributed by atoms with E-state index in [0.717, 1.165) is 23.4 Å². The monoisotopic (exact) mass is 369 g/mol. The first kappa shape index (κ1) is 17.9. The molecule has 0 atom stereocenters. The molecule has 122 valence electrons. The molecule has 2 rings (SSSR count). The van der Waals surface area contributed by atoms with Gasteiger partial charge in [0.05, 0.1) is 0 Å². The number of halogens is 2. The molecule has 0 radical (unpaired) electrons. The first-order valence-corrected chi connectivity index (χ1v) is 8.88. The molecule has 7 heteroatoms. The lowest BCUT2D eigenvalue weighted by Crippen LogP contribution is -2.07. The predicted octanol–water partition coefficient (Wildman–Crippen LogP) is 5.40. The van der Waals surface area contributed by atoms with Gasteiger partial charge in [0, 0.05) is 22.0 Å². The molecule has 4 nitrogen and oxygen atoms in total. The van der Waals surface area contributed by atoms with Crippen LogP contribution in [0.3, 0.4) is 0 Å². The standard InChI is InChI=1S/C16H17Cl2N3OS/c1-3-10(4-2)15-20-21-16(23-15)19-14(22)8-6-11-5-7-12(17)9-13(11)18/h5-10H,3-4H2,1-2H3,(H,19,21,22)/b8-6+. The number of benzene rings is 1. The Bertz CT molecular complexity index is 711. The zero-order valence-corrected chi connectivity index (χ0v) is 15.2. The van der Waals surface area contributed by atoms with E-state index in [1.165, 1.54) is 17.4 Å². The summed E-state index contributed by atoms with van der Waals surface area (Å²) in [6.07, 6.45) is 5.06. The van der Waals surface area contributed by atoms with Gasteiger partial charge in [-0.05, 0) is 36.6 Å². The van der Waals surface area contributed by atoms with E-state index in [1.807, 2.05) is 0 Å². The molecule has 0 aliphatic heterocycles. The van der Waals surface area contributed by atoms with E-state index in [1.54, 1.807) is 24.3 Å². The molecule has 1 N–H and O–H groups in total. The van der Waals surface area contributed by atoms with Gasteiger partial charge in [-0.3, -0.25) is 10.1 Å². The Balaban J connectivity index is 2.00. The molecule has 1 aromatic carbocycles. The summed E-state index contributed by atoms with van der Waals surface area (Å²) in [5.41, 5.74) is 0.723. The summed E-state index contributed by atoms with van der Waals surface area (Å²) in [5, 5.41) is 13.4. The van der Waals surface area contributed by atoms with Crippen LogP contribution in [0.1, 0.15) is 43.2 Å². The lowest BCUT2D eigenvalue weighted by molar-refractivity contribution is -0.111. The van der Waals surface area contributed by atoms with Crippen LogP contribution in [0.5, 0.6) is 0 Å². The molecule has 1 amide bonds. The third kappa shape index (κ3) is 5.03. The fourth-order valence-electron chi connectivity index (χ4n) is 2.04. The third-order valence-electron chi connectivity index (χ3n) is 3.38. The predicted molar refractivity (Wildman–Crippen MR) is 97.4 cm³/mol. The number of amides is 1. The topological polar surface area (TPSA) is 54.9 Å². The van der Waals surface area contributed by atoms with Crippen LogP contribution in [-0.2, 0) is 4.79 Å². The van der Waals surface area contributed by atoms with Crippen molar-refractivity contribution in [2.24, 2.45) is 0 Å². The van der Waals surface area contributed by atoms with Crippen LogP contribution in [-0.4, -0.2) is 16.1 Å². The van der Waals surface area contributed by atoms with Crippen molar-refractivity contribution in [3.63, 3.8) is 0 Å². The van der Waals surface area contributed by atoms with Crippen LogP contribution in [0.4, 0.5) is 5.13 Å². The molecule has 0 spiro atoms. The second-order valence-corrected chi connectivity index (χ2v) is 6.80. The Morgan fingerprint density at radius 3 is 2.70 bits per heavy atom. The molecule has 0 saturated carbocycles. The van der Waals surface area contributed by atoms with E-state index < -0.39 is 0 Å². The number of carbonyl (C=O) groups is 1. The van der Waals surface area contributed by atoms with Gasteiger partial charge in [-0.1, -0.05) is 54.5 Å². The van der Waals surface area contributed by atoms with Crippen LogP contribution < -0.4 is 5.32 Å². The maximum atomic E-state index is 12.0. The Morgan fingerprint density at radius 2 is 2.04 bits per heavy atom. The highest BCUT2D eigenvalue weighted by Crippen LogP contribution is 2.28. The van der Waals surface area contributed by atoms with Crippen LogP contribution in [0, 0.1) is 0 Å². The maximum absolute atomic E-state index is 12.0. The van der Waals surface area contributed by atoms with E-state index in [2.05, 4.69) is 29.4 Å². The van der Waals surface area contributed by atoms with Gasteiger partial charge < -0.3 is 0 Å². The highest BCUT2D eigenvalue weighted by Gasteiger charge is 2.13. The molecule has 0 fully saturated rings. The Hall–Kier alpha value is -1.43. The smallest absolute Gasteiger partial charge is 0.250 e. The second-order valence-electron chi connectivity index (χ2n) is 4.95. The fourth-order valence-corrected chi connectivity index (χ4v) is 3.52. The van der Waals surface area contributed by atoms with Crippen molar-refractivity contribution >= 4 is 51.7 Å². The number of anilines is 1. The first-order chi connectivity index (χ1) is 11.0. The summed E-state index contributed by atoms with van der Waals surface area (Å²) in [7, 11) is 0. The number of hydrogen-bond acceptors (Lipinski definition) is 4. The highest BCUT2D eigenvalue weighted by molar-refractivity contribution is 7.15. The van der Waals surface area contributed by atoms with Crippen LogP contribution >= 0.6 is 34.5 Å². The van der Waals surface area contributed by atoms with Crippen molar-refractivity contribution < 1.29 is 4.79 Å². The van der Waals surface area contributed by atoms with Crippen molar-refractivity contribution in [2.75, 3.05) is 5.32 Å². The fraction of sp³-hybridized carbons (Fsp3) is 0.312. The van der Waals surface area contributed by atoms with E-state index in [4.69, 9.17) is 23.2 Å². The molecule has 0 bridgehead atoms. The summed E-state index contributed by atoms with van der Waals surface area (Å²) in [4.78, 5) is 12.0. The van der Waals surface area contributed by atoms with Gasteiger partial charge in [0.1, 0.15) is 5.01 Å². The highest BCUT2D eigenvalue weighted by atomic mass is 35.5. The van der Waals surface area contributed by atoms with Crippen molar-refractivity contribution in [2.45, 2.75) is 32.6 Å². The number of nitrogens with zero attached hydrogens (tertiary/aromatic N) is 2. The Labute approximate surface area is 149 Å². The minimum absolute atomic E-state index is 0.275. The van der Waals surface area contributed by atoms with Gasteiger partial charge in [-0.2, -0.15) is 0 Å². The average molecular weight is 370 g/mol. The lowest BCUT2D eigenvalue weighted by Gasteiger charge is -2.05. The summed E-state index contributed by atoms with van der Waals surface area (Å²) >= 11 is 13.3. The van der Waals surface area contributed by atoms with Gasteiger partial charge in [-0.15, -0.1) is 10.2 Å². The number of aromatic nitrogens is 2. The minimum Gasteiger partial charge on any atom is -0.297 e. The number of nitrogens with one attached hydrogen (secondary N) is 1. The molecule has 2 aromatic rings. The SMILES string of the molecule is CCC(CC)c1nnc(NC(=O)/C=C/c2ccc(Cl)cc2Cl)s1. The molecule has 0 aliphatic rings. The van der Waals surface area contributed by atoms with Gasteiger partial charge in [0.25, 0.3) is 0 Å². The van der Waals surface area contributed by atoms with Gasteiger partial charge in [0.2, 0.25) is 11.0 Å². The molecular weight excluding hydrogens is 353 g/mol. The number of carbonyl (C=O) groups excluding carboxylic acids is 1. The number of hydrogen-bond donors (Lipinski definition) is 1. The van der Waals surface area contributed by atoms with E-state index in [-0.39, 0.29) is 5.91 Å². The first-order valence-electron chi connectivity index (χ1n) is 7.31. The summed E-state index contributed by atoms with van der Waals surface area (Å²) < 4.78 is 0. The van der Waals surface area contributed by atoms with Crippen molar-refractivity contribution in [1.29, 1.82) is 0 Å². The van der Waals surface area contributed by atoms with Crippen molar-refractivity contribution in [3.05, 3.63) is 44.9 Å². The Morgan fingerprint density at radius 1 is 1.30 bits per heavy atom. The molecule has 1 heterocycles. The molecule has 1 aromatic heterocycles. The summed E-state index contributed by atoms with van der Waals surface area (Å²) in [5.74, 6) is 0.116. The molecule has 23 heavy (non-hydrogen) atoms. The summed E-state index contributed by atoms with van der Waals surface area (Å²) in [6.45, 7) is 4.23. The lowest BCUT2D eigenvalue weighted by atomic mass is 10.1. The molecule has 0 saturated heterocycles. The second kappa shape index (κ2) is 8.43. The third-order valence-corrected chi connectivity index (χ3v) is 4.95.